The molecule has 2 saturated heterocycles. The number of nitrogens with one attached hydrogen (secondary N) is 4. The van der Waals surface area contributed by atoms with E-state index in [2.05, 4.69) is 44.9 Å². The summed E-state index contributed by atoms with van der Waals surface area (Å²) >= 11 is 3.30. The van der Waals surface area contributed by atoms with Crippen molar-refractivity contribution in [3.05, 3.63) is 48.3 Å². The number of amides is 4. The minimum absolute atomic E-state index is 0.160. The summed E-state index contributed by atoms with van der Waals surface area (Å²) in [4.78, 5) is 75.6. The Labute approximate surface area is 333 Å². The number of likely N-dealkylation sites (tertiary alicyclic amines) is 2. The van der Waals surface area contributed by atoms with Gasteiger partial charge in [0.1, 0.15) is 23.7 Å². The summed E-state index contributed by atoms with van der Waals surface area (Å²) in [5.41, 5.74) is 1.74. The first-order valence-corrected chi connectivity index (χ1v) is 20.5. The Bertz CT molecular complexity index is 1800. The average Bonchev–Trinajstić information content (AvgIpc) is 4.06. The van der Waals surface area contributed by atoms with Crippen LogP contribution in [0.5, 0.6) is 0 Å². The minimum atomic E-state index is -0.718. The molecule has 0 aromatic carbocycles. The third-order valence-corrected chi connectivity index (χ3v) is 12.5. The number of H-pyrrole nitrogens is 2. The predicted molar refractivity (Wildman–Crippen MR) is 211 cm³/mol. The lowest BCUT2D eigenvalue weighted by Gasteiger charge is -2.28. The molecule has 0 spiro atoms. The first kappa shape index (κ1) is 40.9. The summed E-state index contributed by atoms with van der Waals surface area (Å²) in [6.45, 7) is 2.12. The van der Waals surface area contributed by atoms with Gasteiger partial charge in [-0.3, -0.25) is 9.59 Å². The van der Waals surface area contributed by atoms with E-state index in [0.29, 0.717) is 63.6 Å². The standard InChI is InChI=1S/C38H50N8O8S2/c1-51-19-7-9-23(43-37(49)53-3)35(47)45-17-5-11-27(45)33-39-21-25(41-33)29-13-15-31(55-29)32-16-14-30(56-32)26-22-40-34(42-26)28-12-6-18-46(28)36(48)24(10-8-20-52-2)44-38(50)54-4/h13-16,21-24,27-28H,5-12,17-20H2,1-4H3,(H,39,41)(H,40,42)(H,43,49)(H,44,50)/t23-,24-,27-,28-/m0/s1. The maximum atomic E-state index is 13.7. The Morgan fingerprint density at radius 1 is 0.696 bits per heavy atom. The van der Waals surface area contributed by atoms with Gasteiger partial charge in [0.2, 0.25) is 11.8 Å². The van der Waals surface area contributed by atoms with E-state index in [1.54, 1.807) is 46.7 Å². The number of aromatic amines is 2. The van der Waals surface area contributed by atoms with E-state index in [-0.39, 0.29) is 23.9 Å². The van der Waals surface area contributed by atoms with Crippen molar-refractivity contribution < 1.29 is 38.1 Å². The fourth-order valence-corrected chi connectivity index (χ4v) is 9.34. The summed E-state index contributed by atoms with van der Waals surface area (Å²) in [7, 11) is 5.78. The van der Waals surface area contributed by atoms with Crippen molar-refractivity contribution in [2.45, 2.75) is 75.5 Å². The van der Waals surface area contributed by atoms with Crippen LogP contribution in [0.1, 0.15) is 75.1 Å². The molecule has 4 aromatic rings. The van der Waals surface area contributed by atoms with Gasteiger partial charge in [0.15, 0.2) is 0 Å². The zero-order valence-electron chi connectivity index (χ0n) is 32.1. The third-order valence-electron chi connectivity index (χ3n) is 10.1. The summed E-state index contributed by atoms with van der Waals surface area (Å²) in [5.74, 6) is 1.11. The minimum Gasteiger partial charge on any atom is -0.453 e. The smallest absolute Gasteiger partial charge is 0.407 e. The molecule has 0 unspecified atom stereocenters. The summed E-state index contributed by atoms with van der Waals surface area (Å²) in [6.07, 6.45) is 7.64. The Balaban J connectivity index is 1.11. The molecule has 4 atom stereocenters. The maximum Gasteiger partial charge on any atom is 0.407 e. The fraction of sp³-hybridized carbons (Fsp3) is 0.526. The number of aromatic nitrogens is 4. The van der Waals surface area contributed by atoms with Crippen molar-refractivity contribution in [1.82, 2.24) is 40.4 Å². The Morgan fingerprint density at radius 2 is 1.11 bits per heavy atom. The lowest BCUT2D eigenvalue weighted by Crippen LogP contribution is -2.48. The van der Waals surface area contributed by atoms with Crippen LogP contribution in [0.15, 0.2) is 36.7 Å². The molecule has 4 aromatic heterocycles. The van der Waals surface area contributed by atoms with Crippen LogP contribution in [-0.2, 0) is 28.5 Å². The highest BCUT2D eigenvalue weighted by atomic mass is 32.1. The molecule has 16 nitrogen and oxygen atoms in total. The molecule has 6 heterocycles. The van der Waals surface area contributed by atoms with E-state index in [1.807, 2.05) is 12.4 Å². The van der Waals surface area contributed by atoms with Crippen LogP contribution in [0.2, 0.25) is 0 Å². The predicted octanol–water partition coefficient (Wildman–Crippen LogP) is 5.89. The molecule has 2 aliphatic rings. The van der Waals surface area contributed by atoms with Gasteiger partial charge in [-0.15, -0.1) is 22.7 Å². The number of carbonyl (C=O) groups is 4. The number of rotatable bonds is 17. The van der Waals surface area contributed by atoms with E-state index in [0.717, 1.165) is 56.6 Å². The third kappa shape index (κ3) is 9.59. The van der Waals surface area contributed by atoms with Crippen molar-refractivity contribution in [2.24, 2.45) is 0 Å². The molecule has 6 rings (SSSR count). The highest BCUT2D eigenvalue weighted by molar-refractivity contribution is 7.25. The number of nitrogens with zero attached hydrogens (tertiary/aromatic N) is 4. The molecule has 56 heavy (non-hydrogen) atoms. The number of hydrogen-bond acceptors (Lipinski definition) is 12. The van der Waals surface area contributed by atoms with Crippen molar-refractivity contribution >= 4 is 46.7 Å². The van der Waals surface area contributed by atoms with Gasteiger partial charge < -0.3 is 49.3 Å². The van der Waals surface area contributed by atoms with E-state index >= 15 is 0 Å². The molecule has 0 bridgehead atoms. The fourth-order valence-electron chi connectivity index (χ4n) is 7.30. The number of ether oxygens (including phenoxy) is 4. The maximum absolute atomic E-state index is 13.7. The molecule has 2 fully saturated rings. The van der Waals surface area contributed by atoms with Crippen LogP contribution in [-0.4, -0.2) is 121 Å². The molecule has 0 radical (unpaired) electrons. The monoisotopic (exact) mass is 810 g/mol. The Morgan fingerprint density at radius 3 is 1.50 bits per heavy atom. The van der Waals surface area contributed by atoms with E-state index in [1.165, 1.54) is 14.2 Å². The van der Waals surface area contributed by atoms with Gasteiger partial charge in [-0.1, -0.05) is 0 Å². The molecule has 4 amide bonds. The van der Waals surface area contributed by atoms with Crippen LogP contribution >= 0.6 is 22.7 Å². The van der Waals surface area contributed by atoms with Gasteiger partial charge >= 0.3 is 12.2 Å². The molecule has 302 valence electrons. The topological polar surface area (TPSA) is 193 Å². The number of carbonyl (C=O) groups excluding carboxylic acids is 4. The lowest BCUT2D eigenvalue weighted by molar-refractivity contribution is -0.135. The molecule has 2 aliphatic heterocycles. The van der Waals surface area contributed by atoms with Crippen molar-refractivity contribution in [3.8, 4) is 30.9 Å². The SMILES string of the molecule is COCCC[C@H](NC(=O)OC)C(=O)N1CCC[C@H]1c1ncc(-c2ccc(-c3ccc(-c4cnc([C@@H]5CCCN5C(=O)[C@H](CCCOC)NC(=O)OC)[nH]4)s3)s2)[nH]1. The van der Waals surface area contributed by atoms with Crippen LogP contribution in [0.4, 0.5) is 9.59 Å². The second-order valence-corrected chi connectivity index (χ2v) is 15.9. The average molecular weight is 811 g/mol. The van der Waals surface area contributed by atoms with Gasteiger partial charge in [-0.25, -0.2) is 19.6 Å². The van der Waals surface area contributed by atoms with Crippen LogP contribution < -0.4 is 10.6 Å². The van der Waals surface area contributed by atoms with Gasteiger partial charge in [0.05, 0.1) is 59.8 Å². The quantitative estimate of drug-likeness (QED) is 0.0936. The van der Waals surface area contributed by atoms with Crippen LogP contribution in [0.3, 0.4) is 0 Å². The normalized spacial score (nSPS) is 17.9. The van der Waals surface area contributed by atoms with E-state index < -0.39 is 24.3 Å². The summed E-state index contributed by atoms with van der Waals surface area (Å²) in [6, 6.07) is 6.43. The molecular formula is C38H50N8O8S2. The van der Waals surface area contributed by atoms with E-state index in [9.17, 15) is 19.2 Å². The number of thiophene rings is 2. The van der Waals surface area contributed by atoms with E-state index in [4.69, 9.17) is 28.9 Å². The van der Waals surface area contributed by atoms with Gasteiger partial charge in [-0.05, 0) is 75.6 Å². The number of alkyl carbamates (subject to hydrolysis) is 2. The summed E-state index contributed by atoms with van der Waals surface area (Å²) < 4.78 is 19.9. The Kier molecular flexibility index (Phi) is 14.1. The van der Waals surface area contributed by atoms with Crippen molar-refractivity contribution in [2.75, 3.05) is 54.7 Å². The van der Waals surface area contributed by atoms with Crippen molar-refractivity contribution in [3.63, 3.8) is 0 Å². The number of hydrogen-bond donors (Lipinski definition) is 4. The van der Waals surface area contributed by atoms with Crippen molar-refractivity contribution in [1.29, 1.82) is 0 Å². The molecule has 4 N–H and O–H groups in total. The second-order valence-electron chi connectivity index (χ2n) is 13.7. The number of methoxy groups -OCH3 is 4. The molecule has 18 heteroatoms. The molecular weight excluding hydrogens is 761 g/mol. The Hall–Kier alpha value is -4.78. The lowest BCUT2D eigenvalue weighted by atomic mass is 10.1. The largest absolute Gasteiger partial charge is 0.453 e. The molecule has 0 saturated carbocycles. The number of imidazole rings is 2. The highest BCUT2D eigenvalue weighted by Crippen LogP contribution is 2.41. The van der Waals surface area contributed by atoms with Gasteiger partial charge in [0.25, 0.3) is 0 Å². The second kappa shape index (κ2) is 19.4. The first-order chi connectivity index (χ1) is 27.2. The van der Waals surface area contributed by atoms with Gasteiger partial charge in [0, 0.05) is 50.3 Å². The first-order valence-electron chi connectivity index (χ1n) is 18.8. The van der Waals surface area contributed by atoms with Crippen LogP contribution in [0.25, 0.3) is 30.9 Å². The summed E-state index contributed by atoms with van der Waals surface area (Å²) in [5, 5.41) is 5.40. The van der Waals surface area contributed by atoms with Gasteiger partial charge in [-0.2, -0.15) is 0 Å². The zero-order chi connectivity index (χ0) is 39.6. The van der Waals surface area contributed by atoms with Crippen LogP contribution in [0, 0.1) is 0 Å². The zero-order valence-corrected chi connectivity index (χ0v) is 33.8. The molecule has 0 aliphatic carbocycles. The highest BCUT2D eigenvalue weighted by Gasteiger charge is 2.37.